The zero-order chi connectivity index (χ0) is 12.7. The van der Waals surface area contributed by atoms with Gasteiger partial charge in [-0.1, -0.05) is 0 Å². The number of benzene rings is 1. The van der Waals surface area contributed by atoms with E-state index in [2.05, 4.69) is 0 Å². The highest BCUT2D eigenvalue weighted by Crippen LogP contribution is 2.35. The summed E-state index contributed by atoms with van der Waals surface area (Å²) in [5, 5.41) is 0. The van der Waals surface area contributed by atoms with Gasteiger partial charge < -0.3 is 15.2 Å². The summed E-state index contributed by atoms with van der Waals surface area (Å²) in [6.07, 6.45) is 0.730. The molecule has 0 aliphatic rings. The minimum atomic E-state index is -0.360. The summed E-state index contributed by atoms with van der Waals surface area (Å²) in [6.45, 7) is 0.192. The number of ether oxygens (including phenoxy) is 2. The van der Waals surface area contributed by atoms with E-state index in [9.17, 15) is 4.39 Å². The summed E-state index contributed by atoms with van der Waals surface area (Å²) in [7, 11) is 3.22. The zero-order valence-corrected chi connectivity index (χ0v) is 12.2. The molecule has 0 radical (unpaired) electrons. The summed E-state index contributed by atoms with van der Waals surface area (Å²) in [5.41, 5.74) is 6.55. The molecule has 1 aromatic carbocycles. The van der Waals surface area contributed by atoms with E-state index in [4.69, 9.17) is 15.2 Å². The number of hydrogen-bond donors (Lipinski definition) is 1. The lowest BCUT2D eigenvalue weighted by Crippen LogP contribution is -2.05. The lowest BCUT2D eigenvalue weighted by Gasteiger charge is -2.13. The lowest BCUT2D eigenvalue weighted by atomic mass is 10.1. The van der Waals surface area contributed by atoms with Crippen LogP contribution in [0.25, 0.3) is 0 Å². The molecule has 0 heterocycles. The van der Waals surface area contributed by atoms with Gasteiger partial charge >= 0.3 is 0 Å². The van der Waals surface area contributed by atoms with Crippen molar-refractivity contribution in [3.05, 3.63) is 17.7 Å². The number of alkyl halides is 1. The van der Waals surface area contributed by atoms with Crippen molar-refractivity contribution >= 4 is 24.2 Å². The molecule has 0 saturated carbocycles. The molecule has 2 N–H and O–H groups in total. The van der Waals surface area contributed by atoms with Gasteiger partial charge in [-0.05, 0) is 30.7 Å². The van der Waals surface area contributed by atoms with E-state index >= 15 is 0 Å². The summed E-state index contributed by atoms with van der Waals surface area (Å²) in [4.78, 5) is 0.891. The number of methoxy groups -OCH3 is 2. The van der Waals surface area contributed by atoms with E-state index in [1.165, 1.54) is 11.8 Å². The molecule has 6 heteroatoms. The molecule has 1 rings (SSSR count). The highest BCUT2D eigenvalue weighted by atomic mass is 35.5. The topological polar surface area (TPSA) is 44.5 Å². The minimum absolute atomic E-state index is 0. The van der Waals surface area contributed by atoms with Crippen LogP contribution in [0.4, 0.5) is 4.39 Å². The first-order valence-corrected chi connectivity index (χ1v) is 6.39. The fourth-order valence-corrected chi connectivity index (χ4v) is 2.32. The van der Waals surface area contributed by atoms with Crippen LogP contribution in [0.2, 0.25) is 0 Å². The van der Waals surface area contributed by atoms with E-state index in [1.807, 2.05) is 12.1 Å². The maximum atomic E-state index is 12.2. The first-order valence-electron chi connectivity index (χ1n) is 5.40. The molecule has 18 heavy (non-hydrogen) atoms. The van der Waals surface area contributed by atoms with Crippen LogP contribution in [0.5, 0.6) is 11.5 Å². The van der Waals surface area contributed by atoms with Crippen LogP contribution in [0, 0.1) is 0 Å². The fraction of sp³-hybridized carbons (Fsp3) is 0.500. The second-order valence-electron chi connectivity index (χ2n) is 3.39. The predicted octanol–water partition coefficient (Wildman–Crippen LogP) is 2.69. The van der Waals surface area contributed by atoms with Crippen molar-refractivity contribution in [3.8, 4) is 11.5 Å². The monoisotopic (exact) mass is 295 g/mol. The van der Waals surface area contributed by atoms with Crippen molar-refractivity contribution in [1.29, 1.82) is 0 Å². The highest BCUT2D eigenvalue weighted by molar-refractivity contribution is 7.99. The van der Waals surface area contributed by atoms with Crippen LogP contribution in [0.1, 0.15) is 5.56 Å². The highest BCUT2D eigenvalue weighted by Gasteiger charge is 2.11. The number of thioether (sulfide) groups is 1. The van der Waals surface area contributed by atoms with Crippen molar-refractivity contribution in [1.82, 2.24) is 0 Å². The SMILES string of the molecule is COc1cc(SCCF)c(OC)cc1CCN.Cl. The lowest BCUT2D eigenvalue weighted by molar-refractivity contribution is 0.390. The molecule has 3 nitrogen and oxygen atoms in total. The van der Waals surface area contributed by atoms with Gasteiger partial charge in [-0.3, -0.25) is 4.39 Å². The molecule has 1 aromatic rings. The molecule has 0 aliphatic carbocycles. The Morgan fingerprint density at radius 2 is 1.89 bits per heavy atom. The maximum Gasteiger partial charge on any atom is 0.132 e. The molecule has 0 bridgehead atoms. The maximum absolute atomic E-state index is 12.2. The van der Waals surface area contributed by atoms with Gasteiger partial charge in [0.05, 0.1) is 25.8 Å². The van der Waals surface area contributed by atoms with E-state index in [0.29, 0.717) is 12.3 Å². The summed E-state index contributed by atoms with van der Waals surface area (Å²) in [5.74, 6) is 1.93. The van der Waals surface area contributed by atoms with Crippen LogP contribution in [-0.2, 0) is 6.42 Å². The van der Waals surface area contributed by atoms with Gasteiger partial charge in [-0.15, -0.1) is 24.2 Å². The first-order chi connectivity index (χ1) is 8.26. The first kappa shape index (κ1) is 17.4. The van der Waals surface area contributed by atoms with Gasteiger partial charge in [0.15, 0.2) is 0 Å². The molecular formula is C12H19ClFNO2S. The van der Waals surface area contributed by atoms with Crippen molar-refractivity contribution in [2.45, 2.75) is 11.3 Å². The van der Waals surface area contributed by atoms with Crippen LogP contribution in [-0.4, -0.2) is 33.2 Å². The Balaban J connectivity index is 0.00000289. The minimum Gasteiger partial charge on any atom is -0.496 e. The molecule has 0 atom stereocenters. The Morgan fingerprint density at radius 1 is 1.22 bits per heavy atom. The standard InChI is InChI=1S/C12H18FNO2S.ClH/c1-15-10-8-12(17-6-4-13)11(16-2)7-9(10)3-5-14;/h7-8H,3-6,14H2,1-2H3;1H. The van der Waals surface area contributed by atoms with E-state index in [0.717, 1.165) is 28.4 Å². The van der Waals surface area contributed by atoms with Crippen LogP contribution in [0.3, 0.4) is 0 Å². The molecule has 0 fully saturated rings. The van der Waals surface area contributed by atoms with E-state index in [1.54, 1.807) is 14.2 Å². The molecule has 0 spiro atoms. The third-order valence-corrected chi connectivity index (χ3v) is 3.30. The fourth-order valence-electron chi connectivity index (χ4n) is 1.55. The third-order valence-electron chi connectivity index (χ3n) is 2.32. The average molecular weight is 296 g/mol. The van der Waals surface area contributed by atoms with Crippen LogP contribution >= 0.6 is 24.2 Å². The average Bonchev–Trinajstić information content (AvgIpc) is 2.36. The Bertz CT molecular complexity index is 366. The Kier molecular flexibility index (Phi) is 8.97. The molecule has 0 aliphatic heterocycles. The summed E-state index contributed by atoms with van der Waals surface area (Å²) in [6, 6.07) is 3.79. The Labute approximate surface area is 118 Å². The number of halogens is 2. The Morgan fingerprint density at radius 3 is 2.39 bits per heavy atom. The van der Waals surface area contributed by atoms with Gasteiger partial charge in [0.1, 0.15) is 11.5 Å². The van der Waals surface area contributed by atoms with Gasteiger partial charge in [0.2, 0.25) is 0 Å². The number of nitrogens with two attached hydrogens (primary N) is 1. The molecule has 0 saturated heterocycles. The quantitative estimate of drug-likeness (QED) is 0.786. The second-order valence-corrected chi connectivity index (χ2v) is 4.53. The van der Waals surface area contributed by atoms with Gasteiger partial charge in [0, 0.05) is 5.75 Å². The van der Waals surface area contributed by atoms with Crippen molar-refractivity contribution < 1.29 is 13.9 Å². The molecule has 0 aromatic heterocycles. The van der Waals surface area contributed by atoms with Gasteiger partial charge in [-0.25, -0.2) is 0 Å². The van der Waals surface area contributed by atoms with E-state index in [-0.39, 0.29) is 19.1 Å². The number of hydrogen-bond acceptors (Lipinski definition) is 4. The zero-order valence-electron chi connectivity index (χ0n) is 10.6. The molecule has 0 unspecified atom stereocenters. The predicted molar refractivity (Wildman–Crippen MR) is 76.3 cm³/mol. The smallest absolute Gasteiger partial charge is 0.132 e. The van der Waals surface area contributed by atoms with Gasteiger partial charge in [-0.2, -0.15) is 0 Å². The number of rotatable bonds is 7. The van der Waals surface area contributed by atoms with Crippen molar-refractivity contribution in [2.75, 3.05) is 33.2 Å². The van der Waals surface area contributed by atoms with E-state index < -0.39 is 0 Å². The summed E-state index contributed by atoms with van der Waals surface area (Å²) >= 11 is 1.42. The van der Waals surface area contributed by atoms with Crippen LogP contribution < -0.4 is 15.2 Å². The van der Waals surface area contributed by atoms with Crippen molar-refractivity contribution in [2.24, 2.45) is 5.73 Å². The third kappa shape index (κ3) is 4.55. The molecule has 104 valence electrons. The normalized spacial score (nSPS) is 9.78. The largest absolute Gasteiger partial charge is 0.496 e. The molecule has 0 amide bonds. The van der Waals surface area contributed by atoms with Gasteiger partial charge in [0.25, 0.3) is 0 Å². The second kappa shape index (κ2) is 9.30. The molecular weight excluding hydrogens is 277 g/mol. The Hall–Kier alpha value is -0.650. The summed E-state index contributed by atoms with van der Waals surface area (Å²) < 4.78 is 22.8. The van der Waals surface area contributed by atoms with Crippen LogP contribution in [0.15, 0.2) is 17.0 Å². The van der Waals surface area contributed by atoms with Crippen molar-refractivity contribution in [3.63, 3.8) is 0 Å².